The topological polar surface area (TPSA) is 46.2 Å². The van der Waals surface area contributed by atoms with Crippen molar-refractivity contribution < 1.29 is 8.42 Å². The summed E-state index contributed by atoms with van der Waals surface area (Å²) in [6, 6.07) is 47.9. The van der Waals surface area contributed by atoms with E-state index in [0.717, 1.165) is 16.7 Å². The summed E-state index contributed by atoms with van der Waals surface area (Å²) in [6.07, 6.45) is 2.10. The van der Waals surface area contributed by atoms with Crippen LogP contribution in [0.2, 0.25) is 0 Å². The summed E-state index contributed by atoms with van der Waals surface area (Å²) < 4.78 is 30.2. The average Bonchev–Trinajstić information content (AvgIpc) is 2.98. The Labute approximate surface area is 232 Å². The molecule has 0 heterocycles. The highest BCUT2D eigenvalue weighted by Gasteiger charge is 2.27. The van der Waals surface area contributed by atoms with E-state index in [1.54, 1.807) is 12.1 Å². The van der Waals surface area contributed by atoms with Crippen molar-refractivity contribution in [2.45, 2.75) is 17.5 Å². The molecule has 1 atom stereocenters. The van der Waals surface area contributed by atoms with Gasteiger partial charge in [0.05, 0.1) is 10.6 Å². The first-order chi connectivity index (χ1) is 19.0. The zero-order valence-electron chi connectivity index (χ0n) is 21.7. The average molecular weight is 548 g/mol. The highest BCUT2D eigenvalue weighted by molar-refractivity contribution is 7.89. The largest absolute Gasteiger partial charge is 0.279 e. The number of rotatable bonds is 9. The standard InChI is InChI=1S/C34H30NO2PS/c1-27-22-24-32(25-23-27)39(36,37)35-33(28-14-6-2-7-15-28)26-34(29-16-8-3-9-17-29)38(30-18-10-4-11-19-30)31-20-12-5-13-21-31/h2-26,34-35H,1H3/b33-26-/t34-/m1/s1. The van der Waals surface area contributed by atoms with Gasteiger partial charge in [0.2, 0.25) is 0 Å². The molecule has 5 rings (SSSR count). The molecule has 0 saturated carbocycles. The molecule has 1 N–H and O–H groups in total. The lowest BCUT2D eigenvalue weighted by Gasteiger charge is -2.28. The Bertz CT molecular complexity index is 1580. The van der Waals surface area contributed by atoms with Crippen molar-refractivity contribution >= 4 is 34.3 Å². The molecular formula is C34H30NO2PS. The van der Waals surface area contributed by atoms with Crippen LogP contribution in [0.3, 0.4) is 0 Å². The first-order valence-electron chi connectivity index (χ1n) is 12.8. The molecule has 5 heteroatoms. The molecule has 0 aliphatic rings. The molecule has 5 aromatic rings. The number of aryl methyl sites for hydroxylation is 1. The zero-order chi connectivity index (χ0) is 27.1. The van der Waals surface area contributed by atoms with Crippen LogP contribution in [0.15, 0.2) is 157 Å². The van der Waals surface area contributed by atoms with Gasteiger partial charge in [0.15, 0.2) is 0 Å². The predicted molar refractivity (Wildman–Crippen MR) is 164 cm³/mol. The number of hydrogen-bond acceptors (Lipinski definition) is 2. The maximum atomic E-state index is 13.6. The molecule has 0 saturated heterocycles. The Morgan fingerprint density at radius 1 is 0.641 bits per heavy atom. The summed E-state index contributed by atoms with van der Waals surface area (Å²) in [5, 5.41) is 2.44. The number of allylic oxidation sites excluding steroid dienone is 1. The van der Waals surface area contributed by atoms with Crippen molar-refractivity contribution in [1.82, 2.24) is 4.72 Å². The number of nitrogens with one attached hydrogen (secondary N) is 1. The molecule has 0 radical (unpaired) electrons. The zero-order valence-corrected chi connectivity index (χ0v) is 23.4. The molecule has 3 nitrogen and oxygen atoms in total. The Kier molecular flexibility index (Phi) is 8.36. The fourth-order valence-corrected chi connectivity index (χ4v) is 8.29. The van der Waals surface area contributed by atoms with E-state index in [4.69, 9.17) is 0 Å². The van der Waals surface area contributed by atoms with Gasteiger partial charge in [-0.25, -0.2) is 8.42 Å². The van der Waals surface area contributed by atoms with Gasteiger partial charge < -0.3 is 0 Å². The van der Waals surface area contributed by atoms with Gasteiger partial charge in [-0.3, -0.25) is 4.72 Å². The van der Waals surface area contributed by atoms with Gasteiger partial charge in [-0.15, -0.1) is 0 Å². The van der Waals surface area contributed by atoms with Crippen molar-refractivity contribution in [1.29, 1.82) is 0 Å². The lowest BCUT2D eigenvalue weighted by Crippen LogP contribution is -2.24. The minimum Gasteiger partial charge on any atom is -0.279 e. The van der Waals surface area contributed by atoms with Gasteiger partial charge in [0.1, 0.15) is 0 Å². The quantitative estimate of drug-likeness (QED) is 0.199. The Morgan fingerprint density at radius 2 is 1.10 bits per heavy atom. The molecule has 0 amide bonds. The van der Waals surface area contributed by atoms with Gasteiger partial charge in [0, 0.05) is 5.66 Å². The lowest BCUT2D eigenvalue weighted by atomic mass is 10.1. The molecular weight excluding hydrogens is 517 g/mol. The molecule has 0 aliphatic carbocycles. The van der Waals surface area contributed by atoms with E-state index < -0.39 is 17.9 Å². The molecule has 194 valence electrons. The molecule has 5 aromatic carbocycles. The third-order valence-corrected chi connectivity index (χ3v) is 10.6. The van der Waals surface area contributed by atoms with Crippen LogP contribution in [-0.4, -0.2) is 8.42 Å². The minimum atomic E-state index is -3.82. The van der Waals surface area contributed by atoms with Crippen LogP contribution in [0.1, 0.15) is 22.3 Å². The van der Waals surface area contributed by atoms with Crippen LogP contribution < -0.4 is 15.3 Å². The van der Waals surface area contributed by atoms with Crippen LogP contribution in [0.4, 0.5) is 0 Å². The smallest absolute Gasteiger partial charge is 0.261 e. The van der Waals surface area contributed by atoms with E-state index in [1.807, 2.05) is 79.7 Å². The van der Waals surface area contributed by atoms with E-state index in [1.165, 1.54) is 10.6 Å². The van der Waals surface area contributed by atoms with E-state index in [0.29, 0.717) is 5.70 Å². The summed E-state index contributed by atoms with van der Waals surface area (Å²) in [6.45, 7) is 1.94. The summed E-state index contributed by atoms with van der Waals surface area (Å²) >= 11 is 0. The third-order valence-electron chi connectivity index (χ3n) is 6.47. The van der Waals surface area contributed by atoms with Crippen molar-refractivity contribution in [2.75, 3.05) is 0 Å². The van der Waals surface area contributed by atoms with Crippen LogP contribution in [-0.2, 0) is 10.0 Å². The second-order valence-electron chi connectivity index (χ2n) is 9.26. The van der Waals surface area contributed by atoms with Gasteiger partial charge in [-0.1, -0.05) is 139 Å². The fraction of sp³-hybridized carbons (Fsp3) is 0.0588. The second kappa shape index (κ2) is 12.3. The van der Waals surface area contributed by atoms with E-state index >= 15 is 0 Å². The fourth-order valence-electron chi connectivity index (χ4n) is 4.50. The summed E-state index contributed by atoms with van der Waals surface area (Å²) in [5.74, 6) is 0. The predicted octanol–water partition coefficient (Wildman–Crippen LogP) is 7.19. The molecule has 0 unspecified atom stereocenters. The maximum absolute atomic E-state index is 13.6. The van der Waals surface area contributed by atoms with Crippen LogP contribution in [0.25, 0.3) is 5.70 Å². The second-order valence-corrected chi connectivity index (χ2v) is 13.3. The van der Waals surface area contributed by atoms with Crippen molar-refractivity contribution in [3.63, 3.8) is 0 Å². The third kappa shape index (κ3) is 6.54. The maximum Gasteiger partial charge on any atom is 0.261 e. The van der Waals surface area contributed by atoms with Gasteiger partial charge in [-0.2, -0.15) is 0 Å². The van der Waals surface area contributed by atoms with Crippen LogP contribution in [0, 0.1) is 6.92 Å². The lowest BCUT2D eigenvalue weighted by molar-refractivity contribution is 0.591. The van der Waals surface area contributed by atoms with Gasteiger partial charge in [-0.05, 0) is 54.8 Å². The van der Waals surface area contributed by atoms with Crippen molar-refractivity contribution in [3.05, 3.63) is 168 Å². The van der Waals surface area contributed by atoms with Gasteiger partial charge >= 0.3 is 0 Å². The number of sulfonamides is 1. The van der Waals surface area contributed by atoms with E-state index in [-0.39, 0.29) is 10.6 Å². The molecule has 0 spiro atoms. The monoisotopic (exact) mass is 547 g/mol. The normalized spacial score (nSPS) is 12.7. The summed E-state index contributed by atoms with van der Waals surface area (Å²) in [5.41, 5.74) is 3.41. The summed E-state index contributed by atoms with van der Waals surface area (Å²) in [7, 11) is -4.74. The molecule has 0 aromatic heterocycles. The van der Waals surface area contributed by atoms with Crippen LogP contribution >= 0.6 is 7.92 Å². The van der Waals surface area contributed by atoms with E-state index in [9.17, 15) is 8.42 Å². The van der Waals surface area contributed by atoms with Crippen molar-refractivity contribution in [3.8, 4) is 0 Å². The first-order valence-corrected chi connectivity index (χ1v) is 15.7. The minimum absolute atomic E-state index is 0.0954. The van der Waals surface area contributed by atoms with Crippen molar-refractivity contribution in [2.24, 2.45) is 0 Å². The van der Waals surface area contributed by atoms with E-state index in [2.05, 4.69) is 71.5 Å². The Morgan fingerprint density at radius 3 is 1.62 bits per heavy atom. The molecule has 0 aliphatic heterocycles. The van der Waals surface area contributed by atoms with Gasteiger partial charge in [0.25, 0.3) is 10.0 Å². The highest BCUT2D eigenvalue weighted by atomic mass is 32.2. The van der Waals surface area contributed by atoms with Crippen LogP contribution in [0.5, 0.6) is 0 Å². The Hall–Kier alpha value is -3.98. The Balaban J connectivity index is 1.70. The SMILES string of the molecule is Cc1ccc(S(=O)(=O)N/C(=C\[C@H](c2ccccc2)P(c2ccccc2)c2ccccc2)c2ccccc2)cc1. The molecule has 39 heavy (non-hydrogen) atoms. The number of benzene rings is 5. The highest BCUT2D eigenvalue weighted by Crippen LogP contribution is 2.51. The first kappa shape index (κ1) is 26.6. The molecule has 0 bridgehead atoms. The molecule has 0 fully saturated rings. The summed E-state index contributed by atoms with van der Waals surface area (Å²) in [4.78, 5) is 0.236. The number of hydrogen-bond donors (Lipinski definition) is 1.